The number of hydrogen-bond acceptors (Lipinski definition) is 9. The lowest BCUT2D eigenvalue weighted by molar-refractivity contribution is 0.160. The van der Waals surface area contributed by atoms with Gasteiger partial charge in [0.25, 0.3) is 10.2 Å². The van der Waals surface area contributed by atoms with Gasteiger partial charge in [-0.2, -0.15) is 13.1 Å². The second-order valence-electron chi connectivity index (χ2n) is 5.95. The lowest BCUT2D eigenvalue weighted by Gasteiger charge is -2.15. The largest absolute Gasteiger partial charge is 0.290 e. The smallest absolute Gasteiger partial charge is 0.274 e. The lowest BCUT2D eigenvalue weighted by Crippen LogP contribution is -2.44. The molecule has 28 heavy (non-hydrogen) atoms. The van der Waals surface area contributed by atoms with E-state index in [1.807, 2.05) is 5.48 Å². The maximum Gasteiger partial charge on any atom is 0.274 e. The third kappa shape index (κ3) is 5.21. The summed E-state index contributed by atoms with van der Waals surface area (Å²) in [5.41, 5.74) is 3.78. The van der Waals surface area contributed by atoms with Gasteiger partial charge in [0.1, 0.15) is 5.82 Å². The minimum Gasteiger partial charge on any atom is -0.290 e. The van der Waals surface area contributed by atoms with Crippen molar-refractivity contribution in [2.75, 3.05) is 12.1 Å². The maximum absolute atomic E-state index is 13.3. The first-order chi connectivity index (χ1) is 13.2. The van der Waals surface area contributed by atoms with E-state index in [1.165, 1.54) is 18.2 Å². The molecule has 1 saturated carbocycles. The quantitative estimate of drug-likeness (QED) is 0.207. The Morgan fingerprint density at radius 3 is 2.82 bits per heavy atom. The third-order valence-electron chi connectivity index (χ3n) is 3.69. The number of hydroxylamine groups is 1. The van der Waals surface area contributed by atoms with Crippen molar-refractivity contribution in [1.29, 1.82) is 0 Å². The molecule has 12 nitrogen and oxygen atoms in total. The van der Waals surface area contributed by atoms with Crippen LogP contribution in [0.4, 0.5) is 15.9 Å². The Balaban J connectivity index is 1.70. The standard InChI is InChI=1S/C13H15BrFN7O5S/c14-8-5-7(1-2-9(8)15)17-11(18-23)10-12(21-27-19-10)20-26-6-13(3-4-13)22-28(16,24)25/h1-2,5,22-23H,3-4,6H2,(H,17,18)(H,20,21)(H2,16,24,25). The Hall–Kier alpha value is -2.17. The number of aromatic nitrogens is 2. The van der Waals surface area contributed by atoms with E-state index in [4.69, 9.17) is 9.98 Å². The maximum atomic E-state index is 13.3. The fourth-order valence-electron chi connectivity index (χ4n) is 2.20. The monoisotopic (exact) mass is 479 g/mol. The van der Waals surface area contributed by atoms with E-state index in [9.17, 15) is 18.0 Å². The summed E-state index contributed by atoms with van der Waals surface area (Å²) in [7, 11) is -3.87. The van der Waals surface area contributed by atoms with Crippen LogP contribution >= 0.6 is 15.9 Å². The van der Waals surface area contributed by atoms with E-state index in [0.717, 1.165) is 0 Å². The Labute approximate surface area is 166 Å². The van der Waals surface area contributed by atoms with Crippen molar-refractivity contribution in [3.8, 4) is 0 Å². The minimum absolute atomic E-state index is 0.0344. The van der Waals surface area contributed by atoms with Crippen LogP contribution in [0.2, 0.25) is 0 Å². The molecule has 1 aliphatic carbocycles. The molecule has 1 heterocycles. The van der Waals surface area contributed by atoms with Crippen molar-refractivity contribution >= 4 is 43.5 Å². The normalized spacial score (nSPS) is 16.1. The van der Waals surface area contributed by atoms with Crippen LogP contribution in [-0.4, -0.2) is 41.9 Å². The summed E-state index contributed by atoms with van der Waals surface area (Å²) < 4.78 is 42.7. The molecule has 1 aliphatic rings. The van der Waals surface area contributed by atoms with Crippen LogP contribution in [0.5, 0.6) is 0 Å². The topological polar surface area (TPSA) is 177 Å². The van der Waals surface area contributed by atoms with E-state index in [0.29, 0.717) is 18.5 Å². The van der Waals surface area contributed by atoms with E-state index in [2.05, 4.69) is 46.1 Å². The Morgan fingerprint density at radius 2 is 2.21 bits per heavy atom. The predicted molar refractivity (Wildman–Crippen MR) is 97.3 cm³/mol. The van der Waals surface area contributed by atoms with E-state index < -0.39 is 21.6 Å². The van der Waals surface area contributed by atoms with Crippen LogP contribution < -0.4 is 20.8 Å². The van der Waals surface area contributed by atoms with Gasteiger partial charge in [-0.05, 0) is 57.3 Å². The summed E-state index contributed by atoms with van der Waals surface area (Å²) in [5.74, 6) is -0.666. The van der Waals surface area contributed by atoms with Gasteiger partial charge in [0, 0.05) is 0 Å². The zero-order valence-corrected chi connectivity index (χ0v) is 16.4. The molecule has 1 fully saturated rings. The first-order valence-electron chi connectivity index (χ1n) is 7.68. The second kappa shape index (κ2) is 8.06. The molecule has 6 N–H and O–H groups in total. The molecule has 0 amide bonds. The Kier molecular flexibility index (Phi) is 5.92. The molecule has 2 aromatic rings. The summed E-state index contributed by atoms with van der Waals surface area (Å²) in [6, 6.07) is 3.96. The zero-order valence-electron chi connectivity index (χ0n) is 14.0. The fourth-order valence-corrected chi connectivity index (χ4v) is 3.43. The molecule has 0 saturated heterocycles. The molecule has 152 valence electrons. The highest BCUT2D eigenvalue weighted by atomic mass is 79.9. The number of nitrogens with one attached hydrogen (secondary N) is 3. The van der Waals surface area contributed by atoms with Gasteiger partial charge in [0.15, 0.2) is 11.5 Å². The number of nitrogens with two attached hydrogens (primary N) is 1. The summed E-state index contributed by atoms with van der Waals surface area (Å²) >= 11 is 3.04. The Morgan fingerprint density at radius 1 is 1.46 bits per heavy atom. The number of hydrogen-bond donors (Lipinski definition) is 5. The second-order valence-corrected chi connectivity index (χ2v) is 8.10. The average Bonchev–Trinajstić information content (AvgIpc) is 3.19. The number of halogens is 2. The van der Waals surface area contributed by atoms with E-state index >= 15 is 0 Å². The molecule has 1 aromatic heterocycles. The van der Waals surface area contributed by atoms with E-state index in [-0.39, 0.29) is 28.4 Å². The van der Waals surface area contributed by atoms with Crippen molar-refractivity contribution in [1.82, 2.24) is 20.5 Å². The van der Waals surface area contributed by atoms with Gasteiger partial charge in [-0.1, -0.05) is 0 Å². The summed E-state index contributed by atoms with van der Waals surface area (Å²) in [4.78, 5) is 9.35. The third-order valence-corrected chi connectivity index (χ3v) is 5.02. The van der Waals surface area contributed by atoms with Crippen molar-refractivity contribution < 1.29 is 27.5 Å². The molecule has 15 heteroatoms. The van der Waals surface area contributed by atoms with Crippen molar-refractivity contribution in [2.45, 2.75) is 18.4 Å². The highest BCUT2D eigenvalue weighted by Gasteiger charge is 2.46. The fraction of sp³-hybridized carbons (Fsp3) is 0.308. The number of amidine groups is 1. The van der Waals surface area contributed by atoms with E-state index in [1.54, 1.807) is 0 Å². The van der Waals surface area contributed by atoms with Gasteiger partial charge in [-0.25, -0.2) is 24.6 Å². The molecular formula is C13H15BrFN7O5S. The average molecular weight is 480 g/mol. The number of anilines is 1. The number of nitrogens with zero attached hydrogens (tertiary/aromatic N) is 3. The molecular weight excluding hydrogens is 465 g/mol. The minimum atomic E-state index is -3.87. The molecule has 1 aromatic carbocycles. The van der Waals surface area contributed by atoms with Crippen LogP contribution in [0.3, 0.4) is 0 Å². The lowest BCUT2D eigenvalue weighted by atomic mass is 10.3. The van der Waals surface area contributed by atoms with Crippen LogP contribution in [0.15, 0.2) is 32.3 Å². The van der Waals surface area contributed by atoms with Gasteiger partial charge >= 0.3 is 0 Å². The summed E-state index contributed by atoms with van der Waals surface area (Å²) in [6.07, 6.45) is 1.11. The van der Waals surface area contributed by atoms with Crippen LogP contribution in [0.1, 0.15) is 18.5 Å². The highest BCUT2D eigenvalue weighted by molar-refractivity contribution is 9.10. The zero-order chi connectivity index (χ0) is 20.4. The summed E-state index contributed by atoms with van der Waals surface area (Å²) in [5, 5.41) is 21.5. The van der Waals surface area contributed by atoms with Crippen LogP contribution in [0.25, 0.3) is 0 Å². The first-order valence-corrected chi connectivity index (χ1v) is 10.0. The first kappa shape index (κ1) is 20.6. The van der Waals surface area contributed by atoms with Gasteiger partial charge in [-0.15, -0.1) is 0 Å². The number of rotatable bonds is 8. The van der Waals surface area contributed by atoms with Crippen molar-refractivity contribution in [2.24, 2.45) is 10.1 Å². The number of benzene rings is 1. The van der Waals surface area contributed by atoms with Gasteiger partial charge in [-0.3, -0.25) is 15.5 Å². The highest BCUT2D eigenvalue weighted by Crippen LogP contribution is 2.36. The predicted octanol–water partition coefficient (Wildman–Crippen LogP) is 0.698. The van der Waals surface area contributed by atoms with Gasteiger partial charge in [0.2, 0.25) is 5.82 Å². The molecule has 0 aliphatic heterocycles. The summed E-state index contributed by atoms with van der Waals surface area (Å²) in [6.45, 7) is -0.0420. The molecule has 0 bridgehead atoms. The number of aliphatic imine (C=N–C) groups is 1. The molecule has 0 spiro atoms. The SMILES string of the molecule is NS(=O)(=O)NC1(CONc2nonc2C(=Nc2ccc(F)c(Br)c2)NO)CC1. The van der Waals surface area contributed by atoms with Crippen molar-refractivity contribution in [3.63, 3.8) is 0 Å². The Bertz CT molecular complexity index is 995. The van der Waals surface area contributed by atoms with Crippen LogP contribution in [0, 0.1) is 5.82 Å². The molecule has 0 atom stereocenters. The van der Waals surface area contributed by atoms with Crippen LogP contribution in [-0.2, 0) is 15.0 Å². The molecule has 0 radical (unpaired) electrons. The molecule has 0 unspecified atom stereocenters. The van der Waals surface area contributed by atoms with Crippen molar-refractivity contribution in [3.05, 3.63) is 34.2 Å². The van der Waals surface area contributed by atoms with Gasteiger partial charge < -0.3 is 0 Å². The molecule has 3 rings (SSSR count). The van der Waals surface area contributed by atoms with Gasteiger partial charge in [0.05, 0.1) is 22.3 Å².